The minimum absolute atomic E-state index is 0.0546. The summed E-state index contributed by atoms with van der Waals surface area (Å²) in [6, 6.07) is 13.3. The molecule has 3 rings (SSSR count). The maximum Gasteiger partial charge on any atom is 0.220 e. The lowest BCUT2D eigenvalue weighted by Gasteiger charge is -2.13. The number of unbranched alkanes of at least 4 members (excludes halogenated alkanes) is 1. The molecule has 7 nitrogen and oxygen atoms in total. The van der Waals surface area contributed by atoms with E-state index < -0.39 is 0 Å². The van der Waals surface area contributed by atoms with Crippen molar-refractivity contribution in [2.45, 2.75) is 70.6 Å². The van der Waals surface area contributed by atoms with Gasteiger partial charge < -0.3 is 24.8 Å². The summed E-state index contributed by atoms with van der Waals surface area (Å²) in [6.45, 7) is 6.38. The molecule has 0 aliphatic heterocycles. The number of benzene rings is 2. The molecule has 0 spiro atoms. The van der Waals surface area contributed by atoms with Gasteiger partial charge in [-0.25, -0.2) is 0 Å². The molecule has 0 radical (unpaired) electrons. The molecule has 0 fully saturated rings. The van der Waals surface area contributed by atoms with E-state index in [1.165, 1.54) is 33.4 Å². The molecule has 0 heterocycles. The van der Waals surface area contributed by atoms with Gasteiger partial charge in [-0.1, -0.05) is 49.7 Å². The Morgan fingerprint density at radius 2 is 1.33 bits per heavy atom. The van der Waals surface area contributed by atoms with E-state index in [0.717, 1.165) is 64.1 Å². The molecule has 2 N–H and O–H groups in total. The van der Waals surface area contributed by atoms with Gasteiger partial charge in [0.25, 0.3) is 0 Å². The summed E-state index contributed by atoms with van der Waals surface area (Å²) in [5.74, 6) is 1.00. The van der Waals surface area contributed by atoms with Crippen molar-refractivity contribution in [3.63, 3.8) is 0 Å². The normalized spacial score (nSPS) is 13.9. The number of amides is 2. The number of thiol groups is 1. The second-order valence-corrected chi connectivity index (χ2v) is 11.2. The number of fused-ring (bicyclic) bond motifs is 3. The van der Waals surface area contributed by atoms with Gasteiger partial charge in [0.05, 0.1) is 13.2 Å². The number of rotatable bonds is 23. The number of methoxy groups -OCH3 is 1. The first kappa shape index (κ1) is 32.5. The highest BCUT2D eigenvalue weighted by Gasteiger charge is 2.28. The minimum atomic E-state index is 0.0546. The number of nitrogens with one attached hydrogen (secondary N) is 2. The number of carbonyl (C=O) groups excluding carboxylic acids is 2. The predicted octanol–water partition coefficient (Wildman–Crippen LogP) is 5.48. The van der Waals surface area contributed by atoms with Gasteiger partial charge in [-0.05, 0) is 71.9 Å². The van der Waals surface area contributed by atoms with Crippen LogP contribution in [0.25, 0.3) is 11.1 Å². The van der Waals surface area contributed by atoms with Gasteiger partial charge in [0.2, 0.25) is 11.8 Å². The van der Waals surface area contributed by atoms with E-state index in [0.29, 0.717) is 58.1 Å². The lowest BCUT2D eigenvalue weighted by atomic mass is 9.95. The number of ether oxygens (including phenoxy) is 3. The van der Waals surface area contributed by atoms with Crippen LogP contribution in [0.4, 0.5) is 0 Å². The number of aryl methyl sites for hydroxylation is 2. The summed E-state index contributed by atoms with van der Waals surface area (Å²) in [7, 11) is 1.67. The zero-order valence-electron chi connectivity index (χ0n) is 26.5. The van der Waals surface area contributed by atoms with Crippen LogP contribution >= 0.6 is 12.5 Å². The standard InChI is InChI=1S/C34H50N2O5S/c1-3-4-19-40-21-16-35-33(37)10-5-8-26-12-14-28-29-15-13-27(24-31(29)32(25-42)30(28)23-26)9-6-11-34(38)36-17-22-41-20-7-18-39-2/h12-15,23-24,32,42H,3-11,16-22,25H2,1-2H3,(H,35,37)(H,36,38)/i/hD. The molecular formula is C34H50N2O5S. The first-order valence-corrected chi connectivity index (χ1v) is 16.2. The first-order chi connectivity index (χ1) is 21.1. The molecule has 1 atom stereocenters. The average Bonchev–Trinajstić information content (AvgIpc) is 3.30. The summed E-state index contributed by atoms with van der Waals surface area (Å²) in [5, 5.41) is 5.88. The Bertz CT molecular complexity index is 1130. The fraction of sp³-hybridized carbons (Fsp3) is 0.588. The number of carbonyl (C=O) groups is 2. The zero-order chi connectivity index (χ0) is 30.7. The van der Waals surface area contributed by atoms with Crippen molar-refractivity contribution in [1.82, 2.24) is 10.6 Å². The number of hydrogen-bond acceptors (Lipinski definition) is 6. The van der Waals surface area contributed by atoms with Gasteiger partial charge in [0, 0.05) is 64.5 Å². The molecule has 0 saturated heterocycles. The second kappa shape index (κ2) is 19.7. The minimum Gasteiger partial charge on any atom is -0.385 e. The molecule has 8 heteroatoms. The molecule has 0 aromatic heterocycles. The Morgan fingerprint density at radius 1 is 0.786 bits per heavy atom. The third-order valence-corrected chi connectivity index (χ3v) is 7.93. The monoisotopic (exact) mass is 599 g/mol. The molecule has 0 saturated carbocycles. The smallest absolute Gasteiger partial charge is 0.220 e. The van der Waals surface area contributed by atoms with Gasteiger partial charge in [-0.15, -0.1) is 0 Å². The van der Waals surface area contributed by atoms with Crippen LogP contribution in [-0.2, 0) is 36.6 Å². The molecule has 2 aromatic rings. The summed E-state index contributed by atoms with van der Waals surface area (Å²) in [4.78, 5) is 24.5. The van der Waals surface area contributed by atoms with Crippen molar-refractivity contribution >= 4 is 24.3 Å². The largest absolute Gasteiger partial charge is 0.385 e. The molecule has 1 aliphatic rings. The Morgan fingerprint density at radius 3 is 1.83 bits per heavy atom. The molecule has 0 bridgehead atoms. The molecule has 1 aliphatic carbocycles. The van der Waals surface area contributed by atoms with Crippen molar-refractivity contribution < 1.29 is 23.8 Å². The van der Waals surface area contributed by atoms with Gasteiger partial charge in [-0.2, -0.15) is 12.5 Å². The highest BCUT2D eigenvalue weighted by molar-refractivity contribution is 7.80. The molecule has 1 unspecified atom stereocenters. The van der Waals surface area contributed by atoms with Crippen LogP contribution in [0.2, 0.25) is 0 Å². The number of hydrogen-bond donors (Lipinski definition) is 3. The zero-order valence-corrected chi connectivity index (χ0v) is 26.3. The van der Waals surface area contributed by atoms with Crippen LogP contribution in [0.15, 0.2) is 36.4 Å². The molecular weight excluding hydrogens is 548 g/mol. The fourth-order valence-electron chi connectivity index (χ4n) is 5.31. The SMILES string of the molecule is [2H]SCC1c2cc(CCCC(=O)NCCOCCCC)ccc2-c2ccc(CCCC(=O)NCCOCCCOC)cc21. The van der Waals surface area contributed by atoms with E-state index in [1.807, 2.05) is 0 Å². The van der Waals surface area contributed by atoms with Crippen molar-refractivity contribution in [2.75, 3.05) is 59.0 Å². The highest BCUT2D eigenvalue weighted by atomic mass is 32.1. The van der Waals surface area contributed by atoms with Crippen molar-refractivity contribution in [1.29, 1.82) is 1.12 Å². The fourth-order valence-corrected chi connectivity index (χ4v) is 5.67. The maximum atomic E-state index is 12.2. The van der Waals surface area contributed by atoms with E-state index in [-0.39, 0.29) is 17.7 Å². The molecule has 2 aromatic carbocycles. The molecule has 232 valence electrons. The van der Waals surface area contributed by atoms with Gasteiger partial charge >= 0.3 is 0 Å². The van der Waals surface area contributed by atoms with E-state index in [9.17, 15) is 9.59 Å². The average molecular weight is 600 g/mol. The summed E-state index contributed by atoms with van der Waals surface area (Å²) < 4.78 is 23.9. The first-order valence-electron chi connectivity index (χ1n) is 16.0. The van der Waals surface area contributed by atoms with Gasteiger partial charge in [0.1, 0.15) is 1.12 Å². The van der Waals surface area contributed by atoms with Gasteiger partial charge in [0.15, 0.2) is 0 Å². The molecule has 2 amide bonds. The van der Waals surface area contributed by atoms with E-state index in [4.69, 9.17) is 15.3 Å². The van der Waals surface area contributed by atoms with Crippen LogP contribution in [0, 0.1) is 0 Å². The molecule has 42 heavy (non-hydrogen) atoms. The van der Waals surface area contributed by atoms with Crippen LogP contribution in [-0.4, -0.2) is 71.9 Å². The van der Waals surface area contributed by atoms with Crippen molar-refractivity contribution in [3.05, 3.63) is 58.7 Å². The second-order valence-electron chi connectivity index (χ2n) is 10.9. The predicted molar refractivity (Wildman–Crippen MR) is 173 cm³/mol. The van der Waals surface area contributed by atoms with E-state index >= 15 is 0 Å². The van der Waals surface area contributed by atoms with E-state index in [1.54, 1.807) is 7.11 Å². The maximum absolute atomic E-state index is 12.2. The quantitative estimate of drug-likeness (QED) is 0.116. The Balaban J connectivity index is 1.45. The summed E-state index contributed by atoms with van der Waals surface area (Å²) in [5.41, 5.74) is 7.50. The van der Waals surface area contributed by atoms with Crippen LogP contribution < -0.4 is 10.6 Å². The lowest BCUT2D eigenvalue weighted by molar-refractivity contribution is -0.122. The van der Waals surface area contributed by atoms with Crippen LogP contribution in [0.5, 0.6) is 0 Å². The van der Waals surface area contributed by atoms with Gasteiger partial charge in [-0.3, -0.25) is 9.59 Å². The lowest BCUT2D eigenvalue weighted by Crippen LogP contribution is -2.27. The summed E-state index contributed by atoms with van der Waals surface area (Å²) >= 11 is 1.13. The third-order valence-electron chi connectivity index (χ3n) is 7.59. The van der Waals surface area contributed by atoms with Crippen molar-refractivity contribution in [2.24, 2.45) is 0 Å². The van der Waals surface area contributed by atoms with Crippen molar-refractivity contribution in [3.8, 4) is 11.1 Å². The van der Waals surface area contributed by atoms with Crippen LogP contribution in [0.1, 0.15) is 80.0 Å². The Kier molecular flexibility index (Phi) is 15.3. The summed E-state index contributed by atoms with van der Waals surface area (Å²) in [6.07, 6.45) is 7.27. The Hall–Kier alpha value is -2.39. The third kappa shape index (κ3) is 11.4. The topological polar surface area (TPSA) is 85.9 Å². The Labute approximate surface area is 259 Å². The van der Waals surface area contributed by atoms with E-state index in [2.05, 4.69) is 54.0 Å². The highest BCUT2D eigenvalue weighted by Crippen LogP contribution is 2.46. The van der Waals surface area contributed by atoms with Crippen LogP contribution in [0.3, 0.4) is 0 Å².